The van der Waals surface area contributed by atoms with E-state index in [1.54, 1.807) is 30.3 Å². The number of para-hydroxylation sites is 1. The lowest BCUT2D eigenvalue weighted by Gasteiger charge is -2.29. The average molecular weight is 457 g/mol. The van der Waals surface area contributed by atoms with Crippen LogP contribution >= 0.6 is 0 Å². The molecule has 8 nitrogen and oxygen atoms in total. The number of hydrazine groups is 1. The van der Waals surface area contributed by atoms with Crippen LogP contribution in [-0.2, 0) is 4.79 Å². The first kappa shape index (κ1) is 22.8. The van der Waals surface area contributed by atoms with E-state index in [0.29, 0.717) is 29.9 Å². The van der Waals surface area contributed by atoms with Crippen LogP contribution in [0.15, 0.2) is 72.8 Å². The van der Waals surface area contributed by atoms with Crippen LogP contribution in [0.5, 0.6) is 0 Å². The Kier molecular flexibility index (Phi) is 6.77. The summed E-state index contributed by atoms with van der Waals surface area (Å²) in [5, 5.41) is 12.0. The number of carbonyl (C=O) groups excluding carboxylic acids is 2. The quantitative estimate of drug-likeness (QED) is 0.241. The highest BCUT2D eigenvalue weighted by molar-refractivity contribution is 6.04. The number of benzene rings is 3. The van der Waals surface area contributed by atoms with Gasteiger partial charge in [0.1, 0.15) is 5.84 Å². The SMILES string of the molecule is Cc1cc(NC(=O)N(Nc2ccccc2)c2cccc(C(=N)N)c2)ccc1N1CCCCC1=O. The predicted octanol–water partition coefficient (Wildman–Crippen LogP) is 4.86. The molecule has 1 fully saturated rings. The highest BCUT2D eigenvalue weighted by atomic mass is 16.2. The molecule has 1 aliphatic heterocycles. The Balaban J connectivity index is 1.59. The van der Waals surface area contributed by atoms with Gasteiger partial charge in [0.05, 0.1) is 11.4 Å². The molecule has 8 heteroatoms. The van der Waals surface area contributed by atoms with E-state index in [0.717, 1.165) is 29.8 Å². The molecule has 4 rings (SSSR count). The number of nitrogen functional groups attached to an aromatic ring is 1. The van der Waals surface area contributed by atoms with Crippen molar-refractivity contribution < 1.29 is 9.59 Å². The van der Waals surface area contributed by atoms with Gasteiger partial charge in [0.15, 0.2) is 0 Å². The molecule has 1 aliphatic rings. The molecule has 1 saturated heterocycles. The van der Waals surface area contributed by atoms with Crippen LogP contribution in [0.1, 0.15) is 30.4 Å². The molecule has 0 unspecified atom stereocenters. The third-order valence-electron chi connectivity index (χ3n) is 5.70. The normalized spacial score (nSPS) is 13.3. The molecule has 0 aromatic heterocycles. The molecule has 3 amide bonds. The van der Waals surface area contributed by atoms with Crippen LogP contribution in [-0.4, -0.2) is 24.3 Å². The van der Waals surface area contributed by atoms with Gasteiger partial charge in [0.2, 0.25) is 5.91 Å². The van der Waals surface area contributed by atoms with E-state index in [1.807, 2.05) is 54.3 Å². The van der Waals surface area contributed by atoms with Gasteiger partial charge in [0, 0.05) is 29.9 Å². The minimum absolute atomic E-state index is 0.0830. The van der Waals surface area contributed by atoms with Gasteiger partial charge < -0.3 is 16.0 Å². The van der Waals surface area contributed by atoms with Crippen molar-refractivity contribution in [2.45, 2.75) is 26.2 Å². The van der Waals surface area contributed by atoms with Crippen molar-refractivity contribution in [3.63, 3.8) is 0 Å². The molecule has 0 atom stereocenters. The van der Waals surface area contributed by atoms with Crippen molar-refractivity contribution in [2.24, 2.45) is 5.73 Å². The summed E-state index contributed by atoms with van der Waals surface area (Å²) in [5.74, 6) is 0.0510. The smallest absolute Gasteiger partial charge is 0.345 e. The minimum Gasteiger partial charge on any atom is -0.384 e. The second-order valence-electron chi connectivity index (χ2n) is 8.21. The number of amidine groups is 1. The Hall–Kier alpha value is -4.33. The first-order valence-electron chi connectivity index (χ1n) is 11.2. The summed E-state index contributed by atoms with van der Waals surface area (Å²) in [7, 11) is 0. The Morgan fingerprint density at radius 3 is 2.50 bits per heavy atom. The fourth-order valence-corrected chi connectivity index (χ4v) is 3.96. The summed E-state index contributed by atoms with van der Waals surface area (Å²) in [5.41, 5.74) is 12.9. The molecule has 0 saturated carbocycles. The largest absolute Gasteiger partial charge is 0.384 e. The van der Waals surface area contributed by atoms with Crippen LogP contribution in [0.2, 0.25) is 0 Å². The standard InChI is InChI=1S/C26H28N6O2/c1-18-16-21(13-14-23(18)31-15-6-5-12-24(31)33)29-26(34)32(30-20-9-3-2-4-10-20)22-11-7-8-19(17-22)25(27)28/h2-4,7-11,13-14,16-17,30H,5-6,12,15H2,1H3,(H3,27,28)(H,29,34). The lowest BCUT2D eigenvalue weighted by atomic mass is 10.1. The average Bonchev–Trinajstić information content (AvgIpc) is 2.84. The van der Waals surface area contributed by atoms with E-state index in [1.165, 1.54) is 5.01 Å². The maximum absolute atomic E-state index is 13.4. The van der Waals surface area contributed by atoms with Crippen LogP contribution in [0.4, 0.5) is 27.5 Å². The van der Waals surface area contributed by atoms with Crippen molar-refractivity contribution >= 4 is 40.5 Å². The summed E-state index contributed by atoms with van der Waals surface area (Å²) in [6, 6.07) is 21.4. The summed E-state index contributed by atoms with van der Waals surface area (Å²) < 4.78 is 0. The number of urea groups is 1. The Bertz CT molecular complexity index is 1210. The number of hydrogen-bond acceptors (Lipinski definition) is 4. The van der Waals surface area contributed by atoms with Gasteiger partial charge in [-0.05, 0) is 67.8 Å². The zero-order valence-electron chi connectivity index (χ0n) is 19.0. The zero-order chi connectivity index (χ0) is 24.1. The van der Waals surface area contributed by atoms with Crippen LogP contribution in [0.25, 0.3) is 0 Å². The summed E-state index contributed by atoms with van der Waals surface area (Å²) >= 11 is 0. The highest BCUT2D eigenvalue weighted by Gasteiger charge is 2.22. The first-order valence-corrected chi connectivity index (χ1v) is 11.2. The van der Waals surface area contributed by atoms with Crippen molar-refractivity contribution in [3.05, 3.63) is 83.9 Å². The van der Waals surface area contributed by atoms with Gasteiger partial charge >= 0.3 is 6.03 Å². The Morgan fingerprint density at radius 1 is 1.00 bits per heavy atom. The predicted molar refractivity (Wildman–Crippen MR) is 136 cm³/mol. The molecule has 3 aromatic carbocycles. The number of piperidine rings is 1. The van der Waals surface area contributed by atoms with E-state index in [9.17, 15) is 9.59 Å². The number of nitrogens with zero attached hydrogens (tertiary/aromatic N) is 2. The van der Waals surface area contributed by atoms with Gasteiger partial charge in [-0.2, -0.15) is 0 Å². The number of nitrogens with one attached hydrogen (secondary N) is 3. The fourth-order valence-electron chi connectivity index (χ4n) is 3.96. The molecule has 1 heterocycles. The molecule has 34 heavy (non-hydrogen) atoms. The number of anilines is 4. The number of hydrogen-bond donors (Lipinski definition) is 4. The Morgan fingerprint density at radius 2 is 1.79 bits per heavy atom. The van der Waals surface area contributed by atoms with Crippen molar-refractivity contribution in [2.75, 3.05) is 27.2 Å². The number of carbonyl (C=O) groups is 2. The van der Waals surface area contributed by atoms with E-state index >= 15 is 0 Å². The Labute approximate surface area is 198 Å². The molecular formula is C26H28N6O2. The molecule has 174 valence electrons. The maximum Gasteiger partial charge on any atom is 0.345 e. The van der Waals surface area contributed by atoms with E-state index in [4.69, 9.17) is 11.1 Å². The third kappa shape index (κ3) is 5.17. The highest BCUT2D eigenvalue weighted by Crippen LogP contribution is 2.28. The summed E-state index contributed by atoms with van der Waals surface area (Å²) in [6.45, 7) is 2.65. The molecular weight excluding hydrogens is 428 g/mol. The molecule has 0 radical (unpaired) electrons. The lowest BCUT2D eigenvalue weighted by molar-refractivity contribution is -0.119. The second-order valence-corrected chi connectivity index (χ2v) is 8.21. The van der Waals surface area contributed by atoms with Gasteiger partial charge in [-0.1, -0.05) is 30.3 Å². The molecule has 5 N–H and O–H groups in total. The molecule has 0 spiro atoms. The van der Waals surface area contributed by atoms with Crippen LogP contribution in [0, 0.1) is 12.3 Å². The molecule has 0 aliphatic carbocycles. The first-order chi connectivity index (χ1) is 16.4. The third-order valence-corrected chi connectivity index (χ3v) is 5.70. The zero-order valence-corrected chi connectivity index (χ0v) is 19.0. The van der Waals surface area contributed by atoms with E-state index in [-0.39, 0.29) is 11.7 Å². The van der Waals surface area contributed by atoms with Gasteiger partial charge in [-0.15, -0.1) is 0 Å². The number of aryl methyl sites for hydroxylation is 1. The van der Waals surface area contributed by atoms with E-state index < -0.39 is 6.03 Å². The summed E-state index contributed by atoms with van der Waals surface area (Å²) in [4.78, 5) is 27.5. The van der Waals surface area contributed by atoms with Crippen molar-refractivity contribution in [3.8, 4) is 0 Å². The second kappa shape index (κ2) is 10.1. The molecule has 0 bridgehead atoms. The fraction of sp³-hybridized carbons (Fsp3) is 0.192. The lowest BCUT2D eigenvalue weighted by Crippen LogP contribution is -2.40. The number of amides is 3. The summed E-state index contributed by atoms with van der Waals surface area (Å²) in [6.07, 6.45) is 2.48. The van der Waals surface area contributed by atoms with Crippen molar-refractivity contribution in [1.82, 2.24) is 0 Å². The topological polar surface area (TPSA) is 115 Å². The van der Waals surface area contributed by atoms with Crippen LogP contribution < -0.4 is 26.4 Å². The number of nitrogens with two attached hydrogens (primary N) is 1. The van der Waals surface area contributed by atoms with Crippen LogP contribution in [0.3, 0.4) is 0 Å². The monoisotopic (exact) mass is 456 g/mol. The minimum atomic E-state index is -0.411. The number of rotatable bonds is 6. The van der Waals surface area contributed by atoms with Gasteiger partial charge in [-0.25, -0.2) is 9.80 Å². The van der Waals surface area contributed by atoms with Crippen molar-refractivity contribution in [1.29, 1.82) is 5.41 Å². The maximum atomic E-state index is 13.4. The van der Waals surface area contributed by atoms with Gasteiger partial charge in [0.25, 0.3) is 0 Å². The van der Waals surface area contributed by atoms with Gasteiger partial charge in [-0.3, -0.25) is 15.6 Å². The van der Waals surface area contributed by atoms with E-state index in [2.05, 4.69) is 10.7 Å². The molecule has 3 aromatic rings.